The molecule has 108 valence electrons. The highest BCUT2D eigenvalue weighted by atomic mass is 16.5. The van der Waals surface area contributed by atoms with Crippen molar-refractivity contribution >= 4 is 5.82 Å². The molecule has 0 unspecified atom stereocenters. The van der Waals surface area contributed by atoms with Crippen LogP contribution in [0.15, 0.2) is 61.1 Å². The van der Waals surface area contributed by atoms with E-state index in [-0.39, 0.29) is 0 Å². The monoisotopic (exact) mass is 290 g/mol. The van der Waals surface area contributed by atoms with E-state index in [1.54, 1.807) is 18.6 Å². The predicted octanol–water partition coefficient (Wildman–Crippen LogP) is 3.18. The second kappa shape index (κ2) is 5.44. The molecule has 1 aliphatic heterocycles. The molecule has 0 radical (unpaired) electrons. The largest absolute Gasteiger partial charge is 0.423 e. The number of rotatable bonds is 3. The lowest BCUT2D eigenvalue weighted by Crippen LogP contribution is -2.16. The Kier molecular flexibility index (Phi) is 3.16. The summed E-state index contributed by atoms with van der Waals surface area (Å²) in [5.41, 5.74) is 2.69. The van der Waals surface area contributed by atoms with Crippen LogP contribution in [0.2, 0.25) is 0 Å². The second-order valence-corrected chi connectivity index (χ2v) is 5.11. The molecular formula is C17H14N4O. The Morgan fingerprint density at radius 2 is 1.73 bits per heavy atom. The van der Waals surface area contributed by atoms with Gasteiger partial charge in [0.15, 0.2) is 0 Å². The molecule has 0 N–H and O–H groups in total. The minimum Gasteiger partial charge on any atom is -0.423 e. The van der Waals surface area contributed by atoms with Gasteiger partial charge in [0.25, 0.3) is 0 Å². The van der Waals surface area contributed by atoms with E-state index in [9.17, 15) is 0 Å². The summed E-state index contributed by atoms with van der Waals surface area (Å²) in [6, 6.07) is 14.3. The number of ether oxygens (including phenoxy) is 1. The number of anilines is 1. The maximum absolute atomic E-state index is 5.64. The first kappa shape index (κ1) is 12.8. The molecule has 0 aliphatic carbocycles. The van der Waals surface area contributed by atoms with Crippen molar-refractivity contribution in [3.05, 3.63) is 72.2 Å². The van der Waals surface area contributed by atoms with Gasteiger partial charge in [0, 0.05) is 25.5 Å². The molecule has 0 bridgehead atoms. The number of pyridine rings is 1. The van der Waals surface area contributed by atoms with Crippen LogP contribution in [-0.2, 0) is 13.1 Å². The van der Waals surface area contributed by atoms with Crippen LogP contribution in [0.1, 0.15) is 11.1 Å². The minimum atomic E-state index is 0.335. The Morgan fingerprint density at radius 1 is 0.909 bits per heavy atom. The van der Waals surface area contributed by atoms with Crippen LogP contribution in [0.3, 0.4) is 0 Å². The van der Waals surface area contributed by atoms with Gasteiger partial charge in [-0.3, -0.25) is 4.98 Å². The molecule has 0 atom stereocenters. The van der Waals surface area contributed by atoms with Crippen molar-refractivity contribution < 1.29 is 4.74 Å². The summed E-state index contributed by atoms with van der Waals surface area (Å²) in [6.07, 6.45) is 5.06. The zero-order chi connectivity index (χ0) is 14.8. The quantitative estimate of drug-likeness (QED) is 0.741. The number of hydrogen-bond acceptors (Lipinski definition) is 5. The summed E-state index contributed by atoms with van der Waals surface area (Å²) in [5, 5.41) is 0. The molecule has 3 heterocycles. The molecule has 1 aliphatic rings. The third-order valence-corrected chi connectivity index (χ3v) is 3.63. The third-order valence-electron chi connectivity index (χ3n) is 3.63. The van der Waals surface area contributed by atoms with Gasteiger partial charge < -0.3 is 9.64 Å². The molecule has 5 nitrogen and oxygen atoms in total. The summed E-state index contributed by atoms with van der Waals surface area (Å²) >= 11 is 0. The summed E-state index contributed by atoms with van der Waals surface area (Å²) in [6.45, 7) is 1.72. The van der Waals surface area contributed by atoms with Gasteiger partial charge in [0.1, 0.15) is 11.6 Å². The topological polar surface area (TPSA) is 51.1 Å². The van der Waals surface area contributed by atoms with Crippen LogP contribution in [0, 0.1) is 0 Å². The Morgan fingerprint density at radius 3 is 2.45 bits per heavy atom. The Hall–Kier alpha value is -2.95. The molecule has 0 saturated carbocycles. The van der Waals surface area contributed by atoms with Gasteiger partial charge >= 0.3 is 6.01 Å². The zero-order valence-corrected chi connectivity index (χ0v) is 11.9. The number of aromatic nitrogens is 3. The summed E-state index contributed by atoms with van der Waals surface area (Å²) < 4.78 is 5.64. The lowest BCUT2D eigenvalue weighted by molar-refractivity contribution is 0.439. The molecule has 0 fully saturated rings. The van der Waals surface area contributed by atoms with E-state index in [4.69, 9.17) is 4.74 Å². The highest BCUT2D eigenvalue weighted by Gasteiger charge is 2.20. The average molecular weight is 290 g/mol. The molecule has 2 aromatic heterocycles. The van der Waals surface area contributed by atoms with Crippen molar-refractivity contribution in [2.75, 3.05) is 4.90 Å². The summed E-state index contributed by atoms with van der Waals surface area (Å²) in [4.78, 5) is 14.9. The van der Waals surface area contributed by atoms with Crippen LogP contribution in [0.4, 0.5) is 5.82 Å². The fraction of sp³-hybridized carbons (Fsp3) is 0.118. The van der Waals surface area contributed by atoms with Gasteiger partial charge in [0.2, 0.25) is 0 Å². The van der Waals surface area contributed by atoms with Crippen LogP contribution in [0.5, 0.6) is 11.8 Å². The van der Waals surface area contributed by atoms with E-state index in [1.807, 2.05) is 18.2 Å². The Bertz CT molecular complexity index is 766. The molecule has 1 aromatic carbocycles. The SMILES string of the molecule is c1cncc(Oc2nccc(N3Cc4ccccc4C3)n2)c1. The molecule has 0 saturated heterocycles. The van der Waals surface area contributed by atoms with E-state index >= 15 is 0 Å². The van der Waals surface area contributed by atoms with Crippen LogP contribution >= 0.6 is 0 Å². The van der Waals surface area contributed by atoms with Crippen molar-refractivity contribution in [2.24, 2.45) is 0 Å². The predicted molar refractivity (Wildman–Crippen MR) is 82.7 cm³/mol. The standard InChI is InChI=1S/C17H14N4O/c1-2-5-14-12-21(11-13(14)4-1)16-7-9-19-17(20-16)22-15-6-3-8-18-10-15/h1-10H,11-12H2. The van der Waals surface area contributed by atoms with Gasteiger partial charge in [-0.1, -0.05) is 24.3 Å². The molecule has 0 amide bonds. The van der Waals surface area contributed by atoms with Crippen LogP contribution in [0.25, 0.3) is 0 Å². The molecule has 3 aromatic rings. The van der Waals surface area contributed by atoms with Crippen LogP contribution < -0.4 is 9.64 Å². The number of benzene rings is 1. The van der Waals surface area contributed by atoms with E-state index in [2.05, 4.69) is 44.1 Å². The summed E-state index contributed by atoms with van der Waals surface area (Å²) in [5.74, 6) is 1.49. The first-order valence-corrected chi connectivity index (χ1v) is 7.11. The lowest BCUT2D eigenvalue weighted by atomic mass is 10.1. The highest BCUT2D eigenvalue weighted by Crippen LogP contribution is 2.27. The fourth-order valence-electron chi connectivity index (χ4n) is 2.57. The van der Waals surface area contributed by atoms with Crippen molar-refractivity contribution in [2.45, 2.75) is 13.1 Å². The number of nitrogens with zero attached hydrogens (tertiary/aromatic N) is 4. The van der Waals surface area contributed by atoms with Crippen molar-refractivity contribution in [1.29, 1.82) is 0 Å². The third kappa shape index (κ3) is 2.48. The van der Waals surface area contributed by atoms with E-state index in [0.717, 1.165) is 18.9 Å². The number of fused-ring (bicyclic) bond motifs is 1. The molecule has 22 heavy (non-hydrogen) atoms. The molecule has 4 rings (SSSR count). The van der Waals surface area contributed by atoms with E-state index < -0.39 is 0 Å². The van der Waals surface area contributed by atoms with Gasteiger partial charge in [0.05, 0.1) is 6.20 Å². The second-order valence-electron chi connectivity index (χ2n) is 5.11. The van der Waals surface area contributed by atoms with Gasteiger partial charge in [-0.05, 0) is 29.3 Å². The Balaban J connectivity index is 1.56. The first-order valence-electron chi connectivity index (χ1n) is 7.11. The first-order chi connectivity index (χ1) is 10.9. The lowest BCUT2D eigenvalue weighted by Gasteiger charge is -2.16. The van der Waals surface area contributed by atoms with Crippen molar-refractivity contribution in [1.82, 2.24) is 15.0 Å². The van der Waals surface area contributed by atoms with E-state index in [1.165, 1.54) is 11.1 Å². The molecular weight excluding hydrogens is 276 g/mol. The number of hydrogen-bond donors (Lipinski definition) is 0. The maximum atomic E-state index is 5.64. The normalized spacial score (nSPS) is 13.0. The average Bonchev–Trinajstić information content (AvgIpc) is 3.00. The molecule has 0 spiro atoms. The zero-order valence-electron chi connectivity index (χ0n) is 11.9. The highest BCUT2D eigenvalue weighted by molar-refractivity contribution is 5.47. The minimum absolute atomic E-state index is 0.335. The Labute approximate surface area is 128 Å². The summed E-state index contributed by atoms with van der Waals surface area (Å²) in [7, 11) is 0. The van der Waals surface area contributed by atoms with Gasteiger partial charge in [-0.25, -0.2) is 4.98 Å². The van der Waals surface area contributed by atoms with Gasteiger partial charge in [-0.2, -0.15) is 4.98 Å². The maximum Gasteiger partial charge on any atom is 0.323 e. The molecule has 5 heteroatoms. The fourth-order valence-corrected chi connectivity index (χ4v) is 2.57. The van der Waals surface area contributed by atoms with Crippen LogP contribution in [-0.4, -0.2) is 15.0 Å². The van der Waals surface area contributed by atoms with Gasteiger partial charge in [-0.15, -0.1) is 0 Å². The van der Waals surface area contributed by atoms with Crippen molar-refractivity contribution in [3.63, 3.8) is 0 Å². The van der Waals surface area contributed by atoms with Crippen molar-refractivity contribution in [3.8, 4) is 11.8 Å². The smallest absolute Gasteiger partial charge is 0.323 e. The van der Waals surface area contributed by atoms with E-state index in [0.29, 0.717) is 11.8 Å².